The summed E-state index contributed by atoms with van der Waals surface area (Å²) in [6.45, 7) is 0.124. The zero-order valence-corrected chi connectivity index (χ0v) is 12.1. The highest BCUT2D eigenvalue weighted by molar-refractivity contribution is 5.80. The van der Waals surface area contributed by atoms with Crippen molar-refractivity contribution in [2.75, 3.05) is 18.9 Å². The third-order valence-electron chi connectivity index (χ3n) is 3.00. The molecule has 0 aliphatic rings. The maximum absolute atomic E-state index is 12.6. The van der Waals surface area contributed by atoms with Gasteiger partial charge in [0.1, 0.15) is 11.5 Å². The van der Waals surface area contributed by atoms with Gasteiger partial charge in [-0.1, -0.05) is 18.2 Å². The molecular formula is C16H16F3NO3. The Morgan fingerprint density at radius 3 is 2.43 bits per heavy atom. The third kappa shape index (κ3) is 4.79. The number of rotatable bonds is 6. The number of ether oxygens (including phenoxy) is 2. The predicted molar refractivity (Wildman–Crippen MR) is 80.2 cm³/mol. The van der Waals surface area contributed by atoms with Gasteiger partial charge < -0.3 is 20.3 Å². The molecule has 7 heteroatoms. The summed E-state index contributed by atoms with van der Waals surface area (Å²) in [6, 6.07) is 10.7. The van der Waals surface area contributed by atoms with Crippen molar-refractivity contribution < 1.29 is 27.8 Å². The summed E-state index contributed by atoms with van der Waals surface area (Å²) in [5.74, 6) is -0.173. The van der Waals surface area contributed by atoms with Crippen LogP contribution in [-0.4, -0.2) is 24.7 Å². The molecule has 2 aromatic carbocycles. The van der Waals surface area contributed by atoms with Gasteiger partial charge in [-0.25, -0.2) is 0 Å². The van der Waals surface area contributed by atoms with Crippen molar-refractivity contribution in [2.24, 2.45) is 0 Å². The summed E-state index contributed by atoms with van der Waals surface area (Å²) in [5, 5.41) is 8.71. The molecule has 0 radical (unpaired) electrons. The molecule has 23 heavy (non-hydrogen) atoms. The molecule has 0 bridgehead atoms. The first-order valence-electron chi connectivity index (χ1n) is 6.89. The zero-order valence-electron chi connectivity index (χ0n) is 12.1. The van der Waals surface area contributed by atoms with Crippen molar-refractivity contribution in [3.63, 3.8) is 0 Å². The summed E-state index contributed by atoms with van der Waals surface area (Å²) in [4.78, 5) is 0. The van der Waals surface area contributed by atoms with E-state index in [0.717, 1.165) is 6.07 Å². The molecule has 0 spiro atoms. The number of aliphatic hydroxyl groups is 1. The van der Waals surface area contributed by atoms with Crippen LogP contribution in [0.3, 0.4) is 0 Å². The maximum atomic E-state index is 12.6. The second kappa shape index (κ2) is 7.23. The lowest BCUT2D eigenvalue weighted by atomic mass is 10.0. The van der Waals surface area contributed by atoms with Crippen LogP contribution < -0.4 is 15.2 Å². The van der Waals surface area contributed by atoms with E-state index in [1.807, 2.05) is 0 Å². The van der Waals surface area contributed by atoms with Crippen molar-refractivity contribution in [3.05, 3.63) is 42.5 Å². The molecule has 0 unspecified atom stereocenters. The summed E-state index contributed by atoms with van der Waals surface area (Å²) in [7, 11) is 0. The van der Waals surface area contributed by atoms with Crippen LogP contribution in [0.1, 0.15) is 6.42 Å². The molecule has 0 aliphatic carbocycles. The highest BCUT2D eigenvalue weighted by Gasteiger charge is 2.32. The van der Waals surface area contributed by atoms with E-state index in [2.05, 4.69) is 4.74 Å². The van der Waals surface area contributed by atoms with Crippen LogP contribution in [0.4, 0.5) is 18.9 Å². The van der Waals surface area contributed by atoms with Gasteiger partial charge in [-0.15, -0.1) is 13.2 Å². The SMILES string of the molecule is Nc1ccccc1-c1ccc(OCCCO)cc1OC(F)(F)F. The van der Waals surface area contributed by atoms with E-state index in [-0.39, 0.29) is 24.5 Å². The summed E-state index contributed by atoms with van der Waals surface area (Å²) >= 11 is 0. The van der Waals surface area contributed by atoms with Gasteiger partial charge in [0.15, 0.2) is 0 Å². The summed E-state index contributed by atoms with van der Waals surface area (Å²) < 4.78 is 47.3. The summed E-state index contributed by atoms with van der Waals surface area (Å²) in [5.41, 5.74) is 6.82. The second-order valence-corrected chi connectivity index (χ2v) is 4.72. The number of aliphatic hydroxyl groups excluding tert-OH is 1. The molecule has 0 amide bonds. The van der Waals surface area contributed by atoms with E-state index in [1.54, 1.807) is 24.3 Å². The lowest BCUT2D eigenvalue weighted by Gasteiger charge is -2.16. The quantitative estimate of drug-likeness (QED) is 0.628. The number of alkyl halides is 3. The summed E-state index contributed by atoms with van der Waals surface area (Å²) in [6.07, 6.45) is -4.45. The number of hydrogen-bond donors (Lipinski definition) is 2. The van der Waals surface area contributed by atoms with E-state index in [1.165, 1.54) is 12.1 Å². The molecule has 0 heterocycles. The van der Waals surface area contributed by atoms with Gasteiger partial charge in [-0.05, 0) is 18.2 Å². The Labute approximate surface area is 131 Å². The van der Waals surface area contributed by atoms with Crippen LogP contribution in [0.15, 0.2) is 42.5 Å². The molecule has 4 nitrogen and oxygen atoms in total. The zero-order chi connectivity index (χ0) is 16.9. The fraction of sp³-hybridized carbons (Fsp3) is 0.250. The number of anilines is 1. The first-order valence-corrected chi connectivity index (χ1v) is 6.89. The van der Waals surface area contributed by atoms with E-state index in [4.69, 9.17) is 15.6 Å². The van der Waals surface area contributed by atoms with Crippen LogP contribution in [-0.2, 0) is 0 Å². The molecule has 0 atom stereocenters. The minimum absolute atomic E-state index is 0.0649. The van der Waals surface area contributed by atoms with Crippen LogP contribution in [0, 0.1) is 0 Å². The molecule has 2 rings (SSSR count). The minimum atomic E-state index is -4.83. The number of nitrogen functional groups attached to an aromatic ring is 1. The minimum Gasteiger partial charge on any atom is -0.493 e. The molecular weight excluding hydrogens is 311 g/mol. The smallest absolute Gasteiger partial charge is 0.493 e. The fourth-order valence-corrected chi connectivity index (χ4v) is 2.02. The maximum Gasteiger partial charge on any atom is 0.573 e. The number of benzene rings is 2. The molecule has 2 aromatic rings. The lowest BCUT2D eigenvalue weighted by Crippen LogP contribution is -2.17. The van der Waals surface area contributed by atoms with E-state index < -0.39 is 12.1 Å². The fourth-order valence-electron chi connectivity index (χ4n) is 2.02. The number of hydrogen-bond acceptors (Lipinski definition) is 4. The monoisotopic (exact) mass is 327 g/mol. The normalized spacial score (nSPS) is 11.3. The first-order chi connectivity index (χ1) is 10.9. The van der Waals surface area contributed by atoms with E-state index in [0.29, 0.717) is 17.7 Å². The highest BCUT2D eigenvalue weighted by Crippen LogP contribution is 2.38. The van der Waals surface area contributed by atoms with Crippen LogP contribution >= 0.6 is 0 Å². The third-order valence-corrected chi connectivity index (χ3v) is 3.00. The average molecular weight is 327 g/mol. The van der Waals surface area contributed by atoms with Gasteiger partial charge in [0, 0.05) is 35.9 Å². The van der Waals surface area contributed by atoms with Gasteiger partial charge >= 0.3 is 6.36 Å². The Morgan fingerprint density at radius 2 is 1.78 bits per heavy atom. The Bertz CT molecular complexity index is 659. The highest BCUT2D eigenvalue weighted by atomic mass is 19.4. The van der Waals surface area contributed by atoms with Crippen molar-refractivity contribution in [1.29, 1.82) is 0 Å². The topological polar surface area (TPSA) is 64.7 Å². The van der Waals surface area contributed by atoms with Crippen LogP contribution in [0.5, 0.6) is 11.5 Å². The van der Waals surface area contributed by atoms with Gasteiger partial charge in [-0.2, -0.15) is 0 Å². The number of para-hydroxylation sites is 1. The molecule has 0 saturated carbocycles. The standard InChI is InChI=1S/C16H16F3NO3/c17-16(18,19)23-15-10-11(22-9-3-8-21)6-7-13(15)12-4-1-2-5-14(12)20/h1-2,4-7,10,21H,3,8-9,20H2. The van der Waals surface area contributed by atoms with Gasteiger partial charge in [0.25, 0.3) is 0 Å². The van der Waals surface area contributed by atoms with Gasteiger partial charge in [0.2, 0.25) is 0 Å². The van der Waals surface area contributed by atoms with Crippen molar-refractivity contribution in [3.8, 4) is 22.6 Å². The van der Waals surface area contributed by atoms with E-state index >= 15 is 0 Å². The molecule has 0 saturated heterocycles. The van der Waals surface area contributed by atoms with Crippen molar-refractivity contribution in [1.82, 2.24) is 0 Å². The Kier molecular flexibility index (Phi) is 5.33. The van der Waals surface area contributed by atoms with Gasteiger partial charge in [-0.3, -0.25) is 0 Å². The van der Waals surface area contributed by atoms with Gasteiger partial charge in [0.05, 0.1) is 6.61 Å². The molecule has 0 fully saturated rings. The number of halogens is 3. The van der Waals surface area contributed by atoms with Crippen LogP contribution in [0.2, 0.25) is 0 Å². The van der Waals surface area contributed by atoms with Crippen LogP contribution in [0.25, 0.3) is 11.1 Å². The second-order valence-electron chi connectivity index (χ2n) is 4.72. The van der Waals surface area contributed by atoms with Crippen molar-refractivity contribution >= 4 is 5.69 Å². The lowest BCUT2D eigenvalue weighted by molar-refractivity contribution is -0.274. The Balaban J connectivity index is 2.39. The molecule has 3 N–H and O–H groups in total. The molecule has 0 aliphatic heterocycles. The largest absolute Gasteiger partial charge is 0.573 e. The Hall–Kier alpha value is -2.41. The average Bonchev–Trinajstić information content (AvgIpc) is 2.47. The Morgan fingerprint density at radius 1 is 1.04 bits per heavy atom. The predicted octanol–water partition coefficient (Wildman–Crippen LogP) is 3.60. The molecule has 124 valence electrons. The van der Waals surface area contributed by atoms with E-state index in [9.17, 15) is 13.2 Å². The molecule has 0 aromatic heterocycles. The first kappa shape index (κ1) is 17.0. The number of nitrogens with two attached hydrogens (primary N) is 1. The van der Waals surface area contributed by atoms with Crippen molar-refractivity contribution in [2.45, 2.75) is 12.8 Å².